The molecule has 0 N–H and O–H groups in total. The van der Waals surface area contributed by atoms with Crippen LogP contribution < -0.4 is 0 Å². The number of hydrogen-bond donors (Lipinski definition) is 0. The van der Waals surface area contributed by atoms with Gasteiger partial charge < -0.3 is 4.90 Å². The summed E-state index contributed by atoms with van der Waals surface area (Å²) in [7, 11) is 0. The van der Waals surface area contributed by atoms with Crippen molar-refractivity contribution in [1.29, 1.82) is 0 Å². The molecule has 3 heterocycles. The number of aryl methyl sites for hydroxylation is 1. The van der Waals surface area contributed by atoms with Crippen LogP contribution in [-0.2, 0) is 19.4 Å². The lowest BCUT2D eigenvalue weighted by Crippen LogP contribution is -2.38. The van der Waals surface area contributed by atoms with Crippen molar-refractivity contribution in [3.8, 4) is 0 Å². The Morgan fingerprint density at radius 1 is 1.15 bits per heavy atom. The number of aromatic nitrogens is 1. The van der Waals surface area contributed by atoms with Gasteiger partial charge in [0.1, 0.15) is 0 Å². The molecule has 1 atom stereocenters. The van der Waals surface area contributed by atoms with E-state index in [0.717, 1.165) is 48.1 Å². The average molecular weight is 374 g/mol. The Balaban J connectivity index is 1.53. The zero-order valence-electron chi connectivity index (χ0n) is 15.6. The summed E-state index contributed by atoms with van der Waals surface area (Å²) in [6.07, 6.45) is 5.24. The Kier molecular flexibility index (Phi) is 4.36. The maximum atomic E-state index is 5.12. The van der Waals surface area contributed by atoms with Crippen molar-refractivity contribution in [3.05, 3.63) is 71.5 Å². The first kappa shape index (κ1) is 16.8. The van der Waals surface area contributed by atoms with Crippen LogP contribution in [0.15, 0.2) is 59.7 Å². The van der Waals surface area contributed by atoms with E-state index in [4.69, 9.17) is 4.99 Å². The van der Waals surface area contributed by atoms with Gasteiger partial charge in [-0.3, -0.25) is 4.98 Å². The molecule has 0 unspecified atom stereocenters. The molecule has 0 saturated carbocycles. The lowest BCUT2D eigenvalue weighted by molar-refractivity contribution is 0.320. The summed E-state index contributed by atoms with van der Waals surface area (Å²) in [6.45, 7) is 3.17. The molecule has 4 heteroatoms. The number of thioether (sulfide) groups is 1. The molecule has 2 aliphatic heterocycles. The van der Waals surface area contributed by atoms with Gasteiger partial charge in [-0.05, 0) is 36.1 Å². The van der Waals surface area contributed by atoms with Gasteiger partial charge >= 0.3 is 0 Å². The average Bonchev–Trinajstić information content (AvgIpc) is 3.08. The van der Waals surface area contributed by atoms with Gasteiger partial charge in [-0.2, -0.15) is 0 Å². The summed E-state index contributed by atoms with van der Waals surface area (Å²) < 4.78 is 0. The SMILES string of the molecule is CCCc1cc2c(N=C3SC[C@@H]4Cc5ccccc5CN34)cccc2cn1. The molecule has 0 bridgehead atoms. The second-order valence-electron chi connectivity index (χ2n) is 7.38. The van der Waals surface area contributed by atoms with Gasteiger partial charge in [0.25, 0.3) is 0 Å². The second kappa shape index (κ2) is 7.01. The second-order valence-corrected chi connectivity index (χ2v) is 8.37. The van der Waals surface area contributed by atoms with Gasteiger partial charge in [0.05, 0.1) is 5.69 Å². The van der Waals surface area contributed by atoms with Crippen LogP contribution in [0.25, 0.3) is 10.8 Å². The van der Waals surface area contributed by atoms with Crippen LogP contribution in [0.5, 0.6) is 0 Å². The molecular formula is C23H23N3S. The van der Waals surface area contributed by atoms with E-state index < -0.39 is 0 Å². The molecule has 27 heavy (non-hydrogen) atoms. The van der Waals surface area contributed by atoms with Crippen molar-refractivity contribution in [2.24, 2.45) is 4.99 Å². The molecule has 3 nitrogen and oxygen atoms in total. The van der Waals surface area contributed by atoms with E-state index in [0.29, 0.717) is 6.04 Å². The van der Waals surface area contributed by atoms with Gasteiger partial charge in [-0.1, -0.05) is 61.5 Å². The summed E-state index contributed by atoms with van der Waals surface area (Å²) in [5.74, 6) is 1.13. The molecule has 2 aromatic carbocycles. The van der Waals surface area contributed by atoms with Crippen LogP contribution in [0.2, 0.25) is 0 Å². The molecule has 1 aromatic heterocycles. The van der Waals surface area contributed by atoms with Crippen LogP contribution in [-0.4, -0.2) is 26.8 Å². The molecule has 0 spiro atoms. The summed E-state index contributed by atoms with van der Waals surface area (Å²) in [5, 5.41) is 3.54. The quantitative estimate of drug-likeness (QED) is 0.620. The fraction of sp³-hybridized carbons (Fsp3) is 0.304. The number of nitrogens with zero attached hydrogens (tertiary/aromatic N) is 3. The molecule has 5 rings (SSSR count). The Morgan fingerprint density at radius 2 is 2.04 bits per heavy atom. The fourth-order valence-electron chi connectivity index (χ4n) is 4.10. The molecule has 1 fully saturated rings. The number of amidine groups is 1. The lowest BCUT2D eigenvalue weighted by Gasteiger charge is -2.32. The summed E-state index contributed by atoms with van der Waals surface area (Å²) in [5.41, 5.74) is 5.16. The number of aliphatic imine (C=N–C) groups is 1. The first-order valence-corrected chi connectivity index (χ1v) is 10.7. The zero-order valence-corrected chi connectivity index (χ0v) is 16.4. The number of pyridine rings is 1. The topological polar surface area (TPSA) is 28.5 Å². The van der Waals surface area contributed by atoms with Gasteiger partial charge in [0, 0.05) is 41.0 Å². The Hall–Kier alpha value is -2.33. The predicted molar refractivity (Wildman–Crippen MR) is 115 cm³/mol. The Morgan fingerprint density at radius 3 is 2.93 bits per heavy atom. The van der Waals surface area contributed by atoms with E-state index in [9.17, 15) is 0 Å². The highest BCUT2D eigenvalue weighted by Gasteiger charge is 2.34. The van der Waals surface area contributed by atoms with Crippen molar-refractivity contribution < 1.29 is 0 Å². The molecule has 1 saturated heterocycles. The highest BCUT2D eigenvalue weighted by atomic mass is 32.2. The highest BCUT2D eigenvalue weighted by molar-refractivity contribution is 8.14. The molecule has 136 valence electrons. The minimum Gasteiger partial charge on any atom is -0.343 e. The fourth-order valence-corrected chi connectivity index (χ4v) is 5.28. The molecule has 0 amide bonds. The lowest BCUT2D eigenvalue weighted by atomic mass is 9.95. The van der Waals surface area contributed by atoms with E-state index >= 15 is 0 Å². The minimum atomic E-state index is 0.566. The van der Waals surface area contributed by atoms with Crippen LogP contribution in [0.3, 0.4) is 0 Å². The molecule has 0 aliphatic carbocycles. The smallest absolute Gasteiger partial charge is 0.165 e. The number of rotatable bonds is 3. The molecule has 3 aromatic rings. The van der Waals surface area contributed by atoms with Gasteiger partial charge in [-0.15, -0.1) is 0 Å². The number of hydrogen-bond acceptors (Lipinski definition) is 3. The monoisotopic (exact) mass is 373 g/mol. The largest absolute Gasteiger partial charge is 0.343 e. The summed E-state index contributed by atoms with van der Waals surface area (Å²) in [6, 6.07) is 18.0. The third kappa shape index (κ3) is 3.12. The summed E-state index contributed by atoms with van der Waals surface area (Å²) >= 11 is 1.90. The van der Waals surface area contributed by atoms with Crippen molar-refractivity contribution in [2.45, 2.75) is 38.8 Å². The first-order chi connectivity index (χ1) is 13.3. The number of benzene rings is 2. The predicted octanol–water partition coefficient (Wildman–Crippen LogP) is 5.35. The van der Waals surface area contributed by atoms with E-state index in [-0.39, 0.29) is 0 Å². The normalized spacial score (nSPS) is 20.1. The maximum absolute atomic E-state index is 5.12. The van der Waals surface area contributed by atoms with Crippen LogP contribution in [0.4, 0.5) is 5.69 Å². The van der Waals surface area contributed by atoms with E-state index in [1.165, 1.54) is 21.9 Å². The van der Waals surface area contributed by atoms with E-state index in [1.54, 1.807) is 0 Å². The first-order valence-electron chi connectivity index (χ1n) is 9.74. The van der Waals surface area contributed by atoms with Crippen molar-refractivity contribution in [1.82, 2.24) is 9.88 Å². The zero-order chi connectivity index (χ0) is 18.2. The minimum absolute atomic E-state index is 0.566. The van der Waals surface area contributed by atoms with Crippen LogP contribution >= 0.6 is 11.8 Å². The third-order valence-corrected chi connectivity index (χ3v) is 6.66. The van der Waals surface area contributed by atoms with E-state index in [1.807, 2.05) is 18.0 Å². The third-order valence-electron chi connectivity index (χ3n) is 5.53. The molecular weight excluding hydrogens is 350 g/mol. The Bertz CT molecular complexity index is 1030. The molecule has 2 aliphatic rings. The van der Waals surface area contributed by atoms with Crippen molar-refractivity contribution in [2.75, 3.05) is 5.75 Å². The number of fused-ring (bicyclic) bond motifs is 3. The standard InChI is InChI=1S/C23H23N3S/c1-2-6-19-12-21-17(13-24-19)9-5-10-22(21)25-23-26-14-18-8-4-3-7-16(18)11-20(26)15-27-23/h3-5,7-10,12-13,20H,2,6,11,14-15H2,1H3/t20-/m0/s1. The van der Waals surface area contributed by atoms with Crippen molar-refractivity contribution >= 4 is 33.4 Å². The maximum Gasteiger partial charge on any atom is 0.165 e. The molecule has 0 radical (unpaired) electrons. The van der Waals surface area contributed by atoms with Gasteiger partial charge in [0.2, 0.25) is 0 Å². The van der Waals surface area contributed by atoms with Crippen LogP contribution in [0.1, 0.15) is 30.2 Å². The van der Waals surface area contributed by atoms with Crippen molar-refractivity contribution in [3.63, 3.8) is 0 Å². The highest BCUT2D eigenvalue weighted by Crippen LogP contribution is 2.36. The van der Waals surface area contributed by atoms with Gasteiger partial charge in [0.15, 0.2) is 5.17 Å². The summed E-state index contributed by atoms with van der Waals surface area (Å²) in [4.78, 5) is 12.2. The van der Waals surface area contributed by atoms with Crippen LogP contribution in [0, 0.1) is 0 Å². The Labute approximate surface area is 164 Å². The van der Waals surface area contributed by atoms with Gasteiger partial charge in [-0.25, -0.2) is 4.99 Å². The van der Waals surface area contributed by atoms with E-state index in [2.05, 4.69) is 65.3 Å².